The second kappa shape index (κ2) is 8.64. The van der Waals surface area contributed by atoms with E-state index in [0.717, 1.165) is 27.9 Å². The topological polar surface area (TPSA) is 65.4 Å². The standard InChI is InChI=1S/C26H22ClN3O3/c1-3-33-25(31)22-23(16-10-14-19(32-2)15-11-16)29-26-28-20-6-4-5-7-21(20)30(26)24(22)17-8-12-18(27)13-9-17/h4-15,24H,3H2,1-2H3,(H,28,29)/t24-/m0/s1. The zero-order valence-corrected chi connectivity index (χ0v) is 19.0. The molecule has 2 heterocycles. The van der Waals surface area contributed by atoms with Crippen LogP contribution in [0.3, 0.4) is 0 Å². The summed E-state index contributed by atoms with van der Waals surface area (Å²) in [6.45, 7) is 2.07. The van der Waals surface area contributed by atoms with Gasteiger partial charge in [0.25, 0.3) is 0 Å². The molecule has 1 aliphatic rings. The van der Waals surface area contributed by atoms with Crippen molar-refractivity contribution in [2.24, 2.45) is 0 Å². The van der Waals surface area contributed by atoms with Gasteiger partial charge >= 0.3 is 5.97 Å². The summed E-state index contributed by atoms with van der Waals surface area (Å²) in [5.41, 5.74) is 4.63. The molecular weight excluding hydrogens is 438 g/mol. The fourth-order valence-electron chi connectivity index (χ4n) is 4.21. The average Bonchev–Trinajstić information content (AvgIpc) is 3.22. The molecule has 7 heteroatoms. The molecular formula is C26H22ClN3O3. The van der Waals surface area contributed by atoms with Crippen molar-refractivity contribution in [2.45, 2.75) is 13.0 Å². The molecule has 6 nitrogen and oxygen atoms in total. The molecule has 0 bridgehead atoms. The van der Waals surface area contributed by atoms with Crippen LogP contribution in [0.5, 0.6) is 5.75 Å². The predicted molar refractivity (Wildman–Crippen MR) is 129 cm³/mol. The van der Waals surface area contributed by atoms with E-state index < -0.39 is 6.04 Å². The van der Waals surface area contributed by atoms with Crippen molar-refractivity contribution >= 4 is 40.2 Å². The van der Waals surface area contributed by atoms with Crippen molar-refractivity contribution in [1.29, 1.82) is 0 Å². The van der Waals surface area contributed by atoms with Gasteiger partial charge in [0.15, 0.2) is 0 Å². The number of methoxy groups -OCH3 is 1. The summed E-state index contributed by atoms with van der Waals surface area (Å²) in [4.78, 5) is 18.2. The number of ether oxygens (including phenoxy) is 2. The summed E-state index contributed by atoms with van der Waals surface area (Å²) < 4.78 is 12.9. The van der Waals surface area contributed by atoms with Crippen molar-refractivity contribution in [3.63, 3.8) is 0 Å². The van der Waals surface area contributed by atoms with Gasteiger partial charge < -0.3 is 14.8 Å². The van der Waals surface area contributed by atoms with E-state index in [4.69, 9.17) is 26.1 Å². The molecule has 0 amide bonds. The largest absolute Gasteiger partial charge is 0.497 e. The van der Waals surface area contributed by atoms with Crippen molar-refractivity contribution in [3.05, 3.63) is 94.5 Å². The highest BCUT2D eigenvalue weighted by Gasteiger charge is 2.36. The van der Waals surface area contributed by atoms with Crippen LogP contribution in [-0.2, 0) is 9.53 Å². The molecule has 0 fully saturated rings. The SMILES string of the molecule is CCOC(=O)C1=C(c2ccc(OC)cc2)Nc2nc3ccccc3n2[C@H]1c1ccc(Cl)cc1. The van der Waals surface area contributed by atoms with E-state index in [0.29, 0.717) is 22.2 Å². The van der Waals surface area contributed by atoms with Gasteiger partial charge in [0.1, 0.15) is 5.75 Å². The maximum atomic E-state index is 13.4. The minimum absolute atomic E-state index is 0.267. The van der Waals surface area contributed by atoms with Gasteiger partial charge in [-0.05, 0) is 66.6 Å². The van der Waals surface area contributed by atoms with E-state index in [1.54, 1.807) is 14.0 Å². The summed E-state index contributed by atoms with van der Waals surface area (Å²) in [7, 11) is 1.62. The minimum Gasteiger partial charge on any atom is -0.497 e. The summed E-state index contributed by atoms with van der Waals surface area (Å²) >= 11 is 6.18. The van der Waals surface area contributed by atoms with Crippen LogP contribution >= 0.6 is 11.6 Å². The molecule has 1 aliphatic heterocycles. The van der Waals surface area contributed by atoms with Gasteiger partial charge in [0.05, 0.1) is 42.1 Å². The van der Waals surface area contributed by atoms with Gasteiger partial charge in [-0.2, -0.15) is 0 Å². The molecule has 166 valence electrons. The Hall–Kier alpha value is -3.77. The van der Waals surface area contributed by atoms with Gasteiger partial charge in [-0.25, -0.2) is 9.78 Å². The molecule has 1 aromatic heterocycles. The Balaban J connectivity index is 1.80. The van der Waals surface area contributed by atoms with Crippen LogP contribution in [0.4, 0.5) is 5.95 Å². The Kier molecular flexibility index (Phi) is 5.52. The molecule has 1 N–H and O–H groups in total. The Bertz CT molecular complexity index is 1360. The van der Waals surface area contributed by atoms with Crippen LogP contribution in [0.15, 0.2) is 78.4 Å². The Morgan fingerprint density at radius 3 is 2.48 bits per heavy atom. The van der Waals surface area contributed by atoms with Crippen LogP contribution in [0, 0.1) is 0 Å². The summed E-state index contributed by atoms with van der Waals surface area (Å²) in [5.74, 6) is 0.989. The number of anilines is 1. The zero-order valence-electron chi connectivity index (χ0n) is 18.2. The van der Waals surface area contributed by atoms with E-state index in [2.05, 4.69) is 5.32 Å². The third-order valence-corrected chi connectivity index (χ3v) is 5.95. The van der Waals surface area contributed by atoms with E-state index in [9.17, 15) is 4.79 Å². The zero-order chi connectivity index (χ0) is 22.9. The second-order valence-electron chi connectivity index (χ2n) is 7.61. The Labute approximate surface area is 196 Å². The fourth-order valence-corrected chi connectivity index (χ4v) is 4.33. The number of esters is 1. The van der Waals surface area contributed by atoms with Crippen molar-refractivity contribution in [2.75, 3.05) is 19.0 Å². The number of imidazole rings is 1. The number of hydrogen-bond acceptors (Lipinski definition) is 5. The number of benzene rings is 3. The first-order valence-corrected chi connectivity index (χ1v) is 11.0. The monoisotopic (exact) mass is 459 g/mol. The minimum atomic E-state index is -0.456. The van der Waals surface area contributed by atoms with Crippen LogP contribution in [0.25, 0.3) is 16.7 Å². The summed E-state index contributed by atoms with van der Waals surface area (Å²) in [6, 6.07) is 22.5. The van der Waals surface area contributed by atoms with Gasteiger partial charge in [0.2, 0.25) is 5.95 Å². The lowest BCUT2D eigenvalue weighted by molar-refractivity contribution is -0.138. The number of fused-ring (bicyclic) bond motifs is 3. The van der Waals surface area contributed by atoms with E-state index in [1.807, 2.05) is 77.4 Å². The van der Waals surface area contributed by atoms with E-state index >= 15 is 0 Å². The lowest BCUT2D eigenvalue weighted by Crippen LogP contribution is -2.29. The van der Waals surface area contributed by atoms with Gasteiger partial charge in [-0.3, -0.25) is 4.57 Å². The first-order chi connectivity index (χ1) is 16.1. The molecule has 1 atom stereocenters. The van der Waals surface area contributed by atoms with Gasteiger partial charge in [0, 0.05) is 5.02 Å². The number of carbonyl (C=O) groups is 1. The third-order valence-electron chi connectivity index (χ3n) is 5.69. The molecule has 0 unspecified atom stereocenters. The van der Waals surface area contributed by atoms with Crippen LogP contribution in [-0.4, -0.2) is 29.2 Å². The number of carbonyl (C=O) groups excluding carboxylic acids is 1. The molecule has 0 spiro atoms. The molecule has 5 rings (SSSR count). The number of nitrogens with zero attached hydrogens (tertiary/aromatic N) is 2. The lowest BCUT2D eigenvalue weighted by atomic mass is 9.92. The summed E-state index contributed by atoms with van der Waals surface area (Å²) in [6.07, 6.45) is 0. The van der Waals surface area contributed by atoms with Gasteiger partial charge in [-0.1, -0.05) is 35.9 Å². The molecule has 0 radical (unpaired) electrons. The first-order valence-electron chi connectivity index (χ1n) is 10.7. The number of hydrogen-bond donors (Lipinski definition) is 1. The number of halogens is 1. The predicted octanol–water partition coefficient (Wildman–Crippen LogP) is 5.69. The first kappa shape index (κ1) is 21.1. The smallest absolute Gasteiger partial charge is 0.338 e. The van der Waals surface area contributed by atoms with Crippen LogP contribution in [0.2, 0.25) is 5.02 Å². The van der Waals surface area contributed by atoms with E-state index in [1.165, 1.54) is 0 Å². The molecule has 0 saturated heterocycles. The number of rotatable bonds is 5. The van der Waals surface area contributed by atoms with Crippen LogP contribution in [0.1, 0.15) is 24.1 Å². The van der Waals surface area contributed by atoms with Crippen molar-refractivity contribution in [1.82, 2.24) is 9.55 Å². The quantitative estimate of drug-likeness (QED) is 0.388. The number of nitrogens with one attached hydrogen (secondary N) is 1. The molecule has 4 aromatic rings. The molecule has 33 heavy (non-hydrogen) atoms. The maximum absolute atomic E-state index is 13.4. The normalized spacial score (nSPS) is 15.2. The Morgan fingerprint density at radius 2 is 1.79 bits per heavy atom. The lowest BCUT2D eigenvalue weighted by Gasteiger charge is -2.31. The van der Waals surface area contributed by atoms with E-state index in [-0.39, 0.29) is 12.6 Å². The maximum Gasteiger partial charge on any atom is 0.338 e. The molecule has 0 saturated carbocycles. The average molecular weight is 460 g/mol. The highest BCUT2D eigenvalue weighted by molar-refractivity contribution is 6.30. The third kappa shape index (κ3) is 3.72. The Morgan fingerprint density at radius 1 is 1.06 bits per heavy atom. The molecule has 0 aliphatic carbocycles. The highest BCUT2D eigenvalue weighted by atomic mass is 35.5. The van der Waals surface area contributed by atoms with Crippen molar-refractivity contribution in [3.8, 4) is 5.75 Å². The number of aromatic nitrogens is 2. The molecule has 3 aromatic carbocycles. The highest BCUT2D eigenvalue weighted by Crippen LogP contribution is 2.42. The number of para-hydroxylation sites is 2. The van der Waals surface area contributed by atoms with Gasteiger partial charge in [-0.15, -0.1) is 0 Å². The van der Waals surface area contributed by atoms with Crippen molar-refractivity contribution < 1.29 is 14.3 Å². The second-order valence-corrected chi connectivity index (χ2v) is 8.05. The fraction of sp³-hybridized carbons (Fsp3) is 0.154. The summed E-state index contributed by atoms with van der Waals surface area (Å²) in [5, 5.41) is 4.03. The van der Waals surface area contributed by atoms with Crippen LogP contribution < -0.4 is 10.1 Å².